The summed E-state index contributed by atoms with van der Waals surface area (Å²) in [5.74, 6) is 2.01. The lowest BCUT2D eigenvalue weighted by Crippen LogP contribution is -2.04. The molecule has 0 N–H and O–H groups in total. The fourth-order valence-electron chi connectivity index (χ4n) is 7.38. The summed E-state index contributed by atoms with van der Waals surface area (Å²) >= 11 is 0. The van der Waals surface area contributed by atoms with Crippen molar-refractivity contribution in [2.24, 2.45) is 0 Å². The van der Waals surface area contributed by atoms with Gasteiger partial charge < -0.3 is 4.42 Å². The second-order valence-corrected chi connectivity index (χ2v) is 13.2. The highest BCUT2D eigenvalue weighted by atomic mass is 16.3. The van der Waals surface area contributed by atoms with Crippen molar-refractivity contribution in [3.8, 4) is 45.0 Å². The Morgan fingerprint density at radius 2 is 0.962 bits per heavy atom. The second kappa shape index (κ2) is 12.4. The molecular formula is C48H31N3O. The molecule has 4 heteroatoms. The van der Waals surface area contributed by atoms with Crippen LogP contribution in [0.2, 0.25) is 0 Å². The molecule has 0 aliphatic heterocycles. The minimum Gasteiger partial charge on any atom is -0.456 e. The Kier molecular flexibility index (Phi) is 7.17. The summed E-state index contributed by atoms with van der Waals surface area (Å²) < 4.78 is 6.42. The largest absolute Gasteiger partial charge is 0.456 e. The average molecular weight is 666 g/mol. The number of furan rings is 1. The van der Waals surface area contributed by atoms with Gasteiger partial charge in [-0.25, -0.2) is 15.0 Å². The number of rotatable bonds is 6. The highest BCUT2D eigenvalue weighted by Gasteiger charge is 2.17. The van der Waals surface area contributed by atoms with Gasteiger partial charge in [-0.3, -0.25) is 0 Å². The van der Waals surface area contributed by atoms with E-state index in [1.54, 1.807) is 0 Å². The zero-order chi connectivity index (χ0) is 34.4. The molecule has 0 unspecified atom stereocenters. The van der Waals surface area contributed by atoms with Gasteiger partial charge in [0.2, 0.25) is 0 Å². The molecule has 2 heterocycles. The number of aromatic nitrogens is 3. The number of benzene rings is 8. The summed E-state index contributed by atoms with van der Waals surface area (Å²) in [5, 5.41) is 7.18. The van der Waals surface area contributed by atoms with E-state index in [4.69, 9.17) is 19.4 Å². The first-order chi connectivity index (χ1) is 25.7. The van der Waals surface area contributed by atoms with Gasteiger partial charge in [0, 0.05) is 28.3 Å². The molecule has 0 aliphatic carbocycles. The van der Waals surface area contributed by atoms with Crippen LogP contribution in [-0.4, -0.2) is 15.0 Å². The molecule has 52 heavy (non-hydrogen) atoms. The summed E-state index contributed by atoms with van der Waals surface area (Å²) in [6, 6.07) is 61.5. The molecule has 2 aromatic heterocycles. The van der Waals surface area contributed by atoms with E-state index < -0.39 is 0 Å². The van der Waals surface area contributed by atoms with Crippen molar-refractivity contribution in [3.05, 3.63) is 187 Å². The Labute approximate surface area is 300 Å². The Morgan fingerprint density at radius 1 is 0.365 bits per heavy atom. The van der Waals surface area contributed by atoms with E-state index in [1.807, 2.05) is 42.5 Å². The van der Waals surface area contributed by atoms with Crippen LogP contribution in [0.5, 0.6) is 0 Å². The van der Waals surface area contributed by atoms with Crippen molar-refractivity contribution in [3.63, 3.8) is 0 Å². The molecule has 0 radical (unpaired) electrons. The van der Waals surface area contributed by atoms with Crippen molar-refractivity contribution in [2.75, 3.05) is 0 Å². The molecule has 4 nitrogen and oxygen atoms in total. The van der Waals surface area contributed by atoms with Gasteiger partial charge >= 0.3 is 0 Å². The Morgan fingerprint density at radius 3 is 1.77 bits per heavy atom. The lowest BCUT2D eigenvalue weighted by atomic mass is 9.96. The maximum atomic E-state index is 6.42. The van der Waals surface area contributed by atoms with Crippen molar-refractivity contribution in [1.29, 1.82) is 0 Å². The number of hydrogen-bond acceptors (Lipinski definition) is 4. The Hall–Kier alpha value is -6.91. The van der Waals surface area contributed by atoms with E-state index in [-0.39, 0.29) is 0 Å². The van der Waals surface area contributed by atoms with Crippen molar-refractivity contribution < 1.29 is 4.42 Å². The zero-order valence-corrected chi connectivity index (χ0v) is 28.2. The lowest BCUT2D eigenvalue weighted by Gasteiger charge is -2.10. The highest BCUT2D eigenvalue weighted by Crippen LogP contribution is 2.37. The van der Waals surface area contributed by atoms with Gasteiger partial charge in [0.25, 0.3) is 0 Å². The van der Waals surface area contributed by atoms with Gasteiger partial charge in [-0.05, 0) is 73.6 Å². The van der Waals surface area contributed by atoms with Gasteiger partial charge in [-0.1, -0.05) is 152 Å². The van der Waals surface area contributed by atoms with Crippen LogP contribution >= 0.6 is 0 Å². The molecule has 0 aliphatic rings. The molecule has 10 rings (SSSR count). The van der Waals surface area contributed by atoms with Crippen LogP contribution in [0.1, 0.15) is 11.4 Å². The molecule has 0 atom stereocenters. The van der Waals surface area contributed by atoms with Crippen LogP contribution in [0.3, 0.4) is 0 Å². The third kappa shape index (κ3) is 5.38. The molecular weight excluding hydrogens is 635 g/mol. The molecule has 0 saturated carbocycles. The molecule has 0 amide bonds. The molecule has 10 aromatic rings. The van der Waals surface area contributed by atoms with E-state index in [2.05, 4.69) is 133 Å². The lowest BCUT2D eigenvalue weighted by molar-refractivity contribution is 0.668. The Bertz CT molecular complexity index is 2910. The Balaban J connectivity index is 1.06. The van der Waals surface area contributed by atoms with Crippen molar-refractivity contribution >= 4 is 43.5 Å². The van der Waals surface area contributed by atoms with Crippen molar-refractivity contribution in [1.82, 2.24) is 15.0 Å². The monoisotopic (exact) mass is 665 g/mol. The first-order valence-corrected chi connectivity index (χ1v) is 17.6. The van der Waals surface area contributed by atoms with Crippen LogP contribution < -0.4 is 0 Å². The molecule has 0 fully saturated rings. The van der Waals surface area contributed by atoms with Crippen molar-refractivity contribution in [2.45, 2.75) is 6.42 Å². The van der Waals surface area contributed by atoms with E-state index in [9.17, 15) is 0 Å². The minimum atomic E-state index is 0.525. The van der Waals surface area contributed by atoms with Gasteiger partial charge in [0.05, 0.1) is 0 Å². The fourth-order valence-corrected chi connectivity index (χ4v) is 7.38. The third-order valence-corrected chi connectivity index (χ3v) is 9.97. The normalized spacial score (nSPS) is 11.5. The van der Waals surface area contributed by atoms with Crippen LogP contribution in [0.15, 0.2) is 180 Å². The first kappa shape index (κ1) is 30.0. The van der Waals surface area contributed by atoms with E-state index in [0.29, 0.717) is 23.9 Å². The predicted octanol–water partition coefficient (Wildman–Crippen LogP) is 12.3. The smallest absolute Gasteiger partial charge is 0.163 e. The maximum absolute atomic E-state index is 6.42. The zero-order valence-electron chi connectivity index (χ0n) is 28.2. The maximum Gasteiger partial charge on any atom is 0.163 e. The fraction of sp³-hybridized carbons (Fsp3) is 0.0208. The summed E-state index contributed by atoms with van der Waals surface area (Å²) in [5.41, 5.74) is 9.35. The first-order valence-electron chi connectivity index (χ1n) is 17.6. The van der Waals surface area contributed by atoms with Gasteiger partial charge in [-0.15, -0.1) is 0 Å². The average Bonchev–Trinajstić information content (AvgIpc) is 3.60. The van der Waals surface area contributed by atoms with Crippen LogP contribution in [0.4, 0.5) is 0 Å². The van der Waals surface area contributed by atoms with E-state index in [1.165, 1.54) is 32.7 Å². The van der Waals surface area contributed by atoms with Gasteiger partial charge in [0.15, 0.2) is 11.6 Å². The summed E-state index contributed by atoms with van der Waals surface area (Å²) in [4.78, 5) is 15.0. The number of nitrogens with zero attached hydrogens (tertiary/aromatic N) is 3. The summed E-state index contributed by atoms with van der Waals surface area (Å²) in [6.07, 6.45) is 0.525. The molecule has 0 bridgehead atoms. The number of hydrogen-bond donors (Lipinski definition) is 0. The highest BCUT2D eigenvalue weighted by molar-refractivity contribution is 6.10. The minimum absolute atomic E-state index is 0.525. The summed E-state index contributed by atoms with van der Waals surface area (Å²) in [7, 11) is 0. The standard InChI is InChI=1S/C48H31N3O/c1-3-10-31(11-4-1)32-18-21-35(22-19-32)48-50-45(49-47(51-48)34-13-5-2-6-14-34)30-39-15-9-17-44-46(39)42-29-37(25-27-43(42)52-44)36-24-26-41-38(28-36)23-20-33-12-7-8-16-40(33)41/h1-29H,30H2. The SMILES string of the molecule is c1ccc(-c2ccc(-c3nc(Cc4cccc5oc6ccc(-c7ccc8c(ccc9ccccc98)c7)cc6c45)nc(-c4ccccc4)n3)cc2)cc1. The quantitative estimate of drug-likeness (QED) is 0.166. The predicted molar refractivity (Wildman–Crippen MR) is 213 cm³/mol. The molecule has 8 aromatic carbocycles. The van der Waals surface area contributed by atoms with Crippen LogP contribution in [0, 0.1) is 0 Å². The second-order valence-electron chi connectivity index (χ2n) is 13.2. The van der Waals surface area contributed by atoms with E-state index in [0.717, 1.165) is 49.8 Å². The number of fused-ring (bicyclic) bond motifs is 6. The summed E-state index contributed by atoms with van der Waals surface area (Å²) in [6.45, 7) is 0. The molecule has 0 spiro atoms. The van der Waals surface area contributed by atoms with Crippen LogP contribution in [-0.2, 0) is 6.42 Å². The molecule has 244 valence electrons. The molecule has 0 saturated heterocycles. The van der Waals surface area contributed by atoms with Gasteiger partial charge in [0.1, 0.15) is 17.0 Å². The third-order valence-electron chi connectivity index (χ3n) is 9.97. The van der Waals surface area contributed by atoms with E-state index >= 15 is 0 Å². The topological polar surface area (TPSA) is 51.8 Å². The van der Waals surface area contributed by atoms with Gasteiger partial charge in [-0.2, -0.15) is 0 Å². The van der Waals surface area contributed by atoms with Crippen LogP contribution in [0.25, 0.3) is 88.5 Å².